The summed E-state index contributed by atoms with van der Waals surface area (Å²) in [6.45, 7) is 0. The van der Waals surface area contributed by atoms with Crippen LogP contribution in [-0.2, 0) is 0 Å². The topological polar surface area (TPSA) is 46.0 Å². The molecule has 0 aliphatic heterocycles. The van der Waals surface area contributed by atoms with Gasteiger partial charge in [-0.2, -0.15) is 0 Å². The zero-order valence-corrected chi connectivity index (χ0v) is 5.61. The Morgan fingerprint density at radius 2 is 2.11 bits per heavy atom. The number of aromatic hydroxyl groups is 1. The van der Waals surface area contributed by atoms with Crippen LogP contribution in [0.1, 0.15) is 0 Å². The van der Waals surface area contributed by atoms with E-state index in [9.17, 15) is 0 Å². The molecule has 1 aromatic rings. The smallest absolute Gasteiger partial charge is 0.224 e. The molecule has 0 atom stereocenters. The zero-order chi connectivity index (χ0) is 6.85. The predicted molar refractivity (Wildman–Crippen MR) is 32.6 cm³/mol. The Bertz CT molecular complexity index is 228. The van der Waals surface area contributed by atoms with Crippen molar-refractivity contribution in [1.29, 1.82) is 0 Å². The summed E-state index contributed by atoms with van der Waals surface area (Å²) in [6.07, 6.45) is 2.15. The predicted octanol–water partition coefficient (Wildman–Crippen LogP) is 1.29. The lowest BCUT2D eigenvalue weighted by atomic mass is 10.6. The highest BCUT2D eigenvalue weighted by Gasteiger charge is 1.99. The first kappa shape index (κ1) is 6.58. The van der Waals surface area contributed by atoms with Crippen molar-refractivity contribution < 1.29 is 5.11 Å². The molecule has 47 valence electrons. The van der Waals surface area contributed by atoms with Crippen molar-refractivity contribution in [3.05, 3.63) is 16.6 Å². The second-order valence-corrected chi connectivity index (χ2v) is 1.94. The molecule has 0 bridgehead atoms. The van der Waals surface area contributed by atoms with Crippen LogP contribution >= 0.6 is 23.2 Å². The van der Waals surface area contributed by atoms with Gasteiger partial charge in [-0.15, -0.1) is 0 Å². The van der Waals surface area contributed by atoms with E-state index in [4.69, 9.17) is 28.3 Å². The van der Waals surface area contributed by atoms with E-state index in [1.165, 1.54) is 0 Å². The van der Waals surface area contributed by atoms with Crippen LogP contribution in [0.3, 0.4) is 0 Å². The Hall–Kier alpha value is -0.540. The lowest BCUT2D eigenvalue weighted by Gasteiger charge is -1.90. The van der Waals surface area contributed by atoms with E-state index >= 15 is 0 Å². The van der Waals surface area contributed by atoms with Crippen LogP contribution in [-0.4, -0.2) is 15.1 Å². The molecule has 0 saturated carbocycles. The van der Waals surface area contributed by atoms with E-state index in [-0.39, 0.29) is 16.2 Å². The molecule has 5 heteroatoms. The molecular formula is C4HCl2N2O. The van der Waals surface area contributed by atoms with Gasteiger partial charge in [-0.05, 0) is 11.6 Å². The first-order chi connectivity index (χ1) is 4.20. The van der Waals surface area contributed by atoms with Crippen LogP contribution in [0.4, 0.5) is 0 Å². The number of nitrogens with zero attached hydrogens (tertiary/aromatic N) is 2. The molecule has 1 rings (SSSR count). The van der Waals surface area contributed by atoms with Gasteiger partial charge < -0.3 is 5.11 Å². The van der Waals surface area contributed by atoms with E-state index < -0.39 is 0 Å². The van der Waals surface area contributed by atoms with E-state index in [1.54, 1.807) is 0 Å². The molecule has 0 aliphatic rings. The monoisotopic (exact) mass is 163 g/mol. The van der Waals surface area contributed by atoms with Gasteiger partial charge in [0.05, 0.1) is 0 Å². The van der Waals surface area contributed by atoms with Crippen molar-refractivity contribution in [1.82, 2.24) is 9.97 Å². The van der Waals surface area contributed by atoms with E-state index in [1.807, 2.05) is 0 Å². The maximum Gasteiger partial charge on any atom is 0.224 e. The molecule has 1 N–H and O–H groups in total. The van der Waals surface area contributed by atoms with Crippen molar-refractivity contribution in [2.75, 3.05) is 0 Å². The highest BCUT2D eigenvalue weighted by Crippen LogP contribution is 2.18. The van der Waals surface area contributed by atoms with Crippen molar-refractivity contribution in [2.45, 2.75) is 0 Å². The van der Waals surface area contributed by atoms with Gasteiger partial charge in [0, 0.05) is 0 Å². The third kappa shape index (κ3) is 1.43. The third-order valence-electron chi connectivity index (χ3n) is 0.640. The number of aromatic nitrogens is 2. The van der Waals surface area contributed by atoms with Crippen molar-refractivity contribution in [2.24, 2.45) is 0 Å². The molecule has 3 nitrogen and oxygen atoms in total. The maximum atomic E-state index is 8.67. The van der Waals surface area contributed by atoms with Crippen LogP contribution in [0.5, 0.6) is 5.75 Å². The Morgan fingerprint density at radius 1 is 1.44 bits per heavy atom. The molecule has 9 heavy (non-hydrogen) atoms. The summed E-state index contributed by atoms with van der Waals surface area (Å²) in [4.78, 5) is 6.75. The Labute approximate surface area is 61.3 Å². The fraction of sp³-hybridized carbons (Fsp3) is 0. The summed E-state index contributed by atoms with van der Waals surface area (Å²) in [5.41, 5.74) is 0. The number of rotatable bonds is 0. The van der Waals surface area contributed by atoms with Gasteiger partial charge in [0.1, 0.15) is 6.20 Å². The van der Waals surface area contributed by atoms with Crippen LogP contribution in [0.15, 0.2) is 0 Å². The van der Waals surface area contributed by atoms with Gasteiger partial charge in [0.15, 0.2) is 10.9 Å². The number of hydrogen-bond donors (Lipinski definition) is 1. The Balaban J connectivity index is 3.17. The molecule has 0 aliphatic carbocycles. The van der Waals surface area contributed by atoms with Crippen LogP contribution in [0, 0.1) is 6.20 Å². The van der Waals surface area contributed by atoms with E-state index in [0.29, 0.717) is 0 Å². The third-order valence-corrected chi connectivity index (χ3v) is 1.07. The van der Waals surface area contributed by atoms with Gasteiger partial charge in [0.2, 0.25) is 5.28 Å². The molecule has 0 amide bonds. The highest BCUT2D eigenvalue weighted by atomic mass is 35.5. The zero-order valence-electron chi connectivity index (χ0n) is 4.10. The molecule has 0 saturated heterocycles. The Kier molecular flexibility index (Phi) is 1.73. The van der Waals surface area contributed by atoms with Crippen LogP contribution < -0.4 is 0 Å². The summed E-state index contributed by atoms with van der Waals surface area (Å²) in [6, 6.07) is 0. The molecule has 0 aromatic carbocycles. The average Bonchev–Trinajstić information content (AvgIpc) is 1.80. The second-order valence-electron chi connectivity index (χ2n) is 1.24. The highest BCUT2D eigenvalue weighted by molar-refractivity contribution is 6.32. The lowest BCUT2D eigenvalue weighted by molar-refractivity contribution is 0.468. The maximum absolute atomic E-state index is 8.67. The Morgan fingerprint density at radius 3 is 2.56 bits per heavy atom. The molecule has 1 aromatic heterocycles. The summed E-state index contributed by atoms with van der Waals surface area (Å²) in [7, 11) is 0. The largest absolute Gasteiger partial charge is 0.503 e. The summed E-state index contributed by atoms with van der Waals surface area (Å²) < 4.78 is 0. The standard InChI is InChI=1S/C4HCl2N2O/c5-3-2(9)1-7-4(6)8-3/h9H. The number of halogens is 2. The van der Waals surface area contributed by atoms with Gasteiger partial charge in [-0.1, -0.05) is 11.6 Å². The minimum Gasteiger partial charge on any atom is -0.503 e. The quantitative estimate of drug-likeness (QED) is 0.464. The minimum absolute atomic E-state index is 0.0298. The van der Waals surface area contributed by atoms with Gasteiger partial charge >= 0.3 is 0 Å². The van der Waals surface area contributed by atoms with Crippen molar-refractivity contribution >= 4 is 23.2 Å². The van der Waals surface area contributed by atoms with Crippen molar-refractivity contribution in [3.8, 4) is 5.75 Å². The second kappa shape index (κ2) is 2.37. The fourth-order valence-corrected chi connectivity index (χ4v) is 0.597. The molecular weight excluding hydrogens is 163 g/mol. The molecule has 0 fully saturated rings. The van der Waals surface area contributed by atoms with E-state index in [0.717, 1.165) is 0 Å². The lowest BCUT2D eigenvalue weighted by Crippen LogP contribution is -1.81. The van der Waals surface area contributed by atoms with Gasteiger partial charge in [-0.3, -0.25) is 0 Å². The summed E-state index contributed by atoms with van der Waals surface area (Å²) in [5, 5.41) is 8.55. The summed E-state index contributed by atoms with van der Waals surface area (Å²) >= 11 is 10.6. The first-order valence-electron chi connectivity index (χ1n) is 2.00. The summed E-state index contributed by atoms with van der Waals surface area (Å²) in [5.74, 6) is -0.291. The molecule has 0 unspecified atom stereocenters. The first-order valence-corrected chi connectivity index (χ1v) is 2.75. The molecule has 1 heterocycles. The minimum atomic E-state index is -0.291. The SMILES string of the molecule is Oc1[c]nc(Cl)nc1Cl. The normalized spacial score (nSPS) is 9.56. The average molecular weight is 164 g/mol. The van der Waals surface area contributed by atoms with Crippen LogP contribution in [0.25, 0.3) is 0 Å². The fourth-order valence-electron chi connectivity index (χ4n) is 0.304. The number of hydrogen-bond acceptors (Lipinski definition) is 3. The van der Waals surface area contributed by atoms with Crippen LogP contribution in [0.2, 0.25) is 10.4 Å². The molecule has 0 spiro atoms. The van der Waals surface area contributed by atoms with Gasteiger partial charge in [0.25, 0.3) is 0 Å². The molecule has 1 radical (unpaired) electrons. The van der Waals surface area contributed by atoms with Crippen molar-refractivity contribution in [3.63, 3.8) is 0 Å². The van der Waals surface area contributed by atoms with Gasteiger partial charge in [-0.25, -0.2) is 9.97 Å². The van der Waals surface area contributed by atoms with E-state index in [2.05, 4.69) is 16.2 Å².